The highest BCUT2D eigenvalue weighted by atomic mass is 31.2. The summed E-state index contributed by atoms with van der Waals surface area (Å²) >= 11 is 0. The van der Waals surface area contributed by atoms with E-state index < -0.39 is 15.2 Å². The summed E-state index contributed by atoms with van der Waals surface area (Å²) < 4.78 is 32.8. The van der Waals surface area contributed by atoms with Crippen LogP contribution in [0.25, 0.3) is 0 Å². The molecule has 2 unspecified atom stereocenters. The van der Waals surface area contributed by atoms with Crippen molar-refractivity contribution in [1.29, 1.82) is 0 Å². The lowest BCUT2D eigenvalue weighted by Gasteiger charge is -2.13. The Labute approximate surface area is 126 Å². The second-order valence-electron chi connectivity index (χ2n) is 4.36. The molecule has 8 heteroatoms. The van der Waals surface area contributed by atoms with Crippen molar-refractivity contribution < 1.29 is 28.0 Å². The van der Waals surface area contributed by atoms with E-state index in [9.17, 15) is 18.9 Å². The highest BCUT2D eigenvalue weighted by Gasteiger charge is 2.20. The maximum absolute atomic E-state index is 11.5. The Morgan fingerprint density at radius 2 is 1.19 bits per heavy atom. The van der Waals surface area contributed by atoms with Gasteiger partial charge in [-0.05, 0) is 19.3 Å². The molecule has 0 aliphatic heterocycles. The summed E-state index contributed by atoms with van der Waals surface area (Å²) in [6.07, 6.45) is 12.0. The van der Waals surface area contributed by atoms with Crippen molar-refractivity contribution in [1.82, 2.24) is 0 Å². The Balaban J connectivity index is 3.76. The molecule has 0 aromatic heterocycles. The summed E-state index contributed by atoms with van der Waals surface area (Å²) in [5.74, 6) is 4.75. The van der Waals surface area contributed by atoms with Crippen LogP contribution in [-0.2, 0) is 18.2 Å². The van der Waals surface area contributed by atoms with Crippen molar-refractivity contribution in [2.24, 2.45) is 0 Å². The third-order valence-electron chi connectivity index (χ3n) is 2.40. The fraction of sp³-hybridized carbons (Fsp3) is 0.692. The maximum atomic E-state index is 11.5. The van der Waals surface area contributed by atoms with E-state index in [-0.39, 0.29) is 32.0 Å². The van der Waals surface area contributed by atoms with Gasteiger partial charge < -0.3 is 18.8 Å². The zero-order valence-electron chi connectivity index (χ0n) is 11.9. The van der Waals surface area contributed by atoms with Gasteiger partial charge in [0, 0.05) is 12.8 Å². The Hall–Kier alpha value is -0.580. The average Bonchev–Trinajstić information content (AvgIpc) is 2.38. The van der Waals surface area contributed by atoms with Crippen molar-refractivity contribution >= 4 is 15.2 Å². The highest BCUT2D eigenvalue weighted by molar-refractivity contribution is 7.53. The Bertz CT molecular complexity index is 420. The first-order valence-corrected chi connectivity index (χ1v) is 10.2. The van der Waals surface area contributed by atoms with Crippen molar-refractivity contribution in [3.05, 3.63) is 0 Å². The van der Waals surface area contributed by atoms with Crippen LogP contribution in [0, 0.1) is 24.7 Å². The molecule has 0 radical (unpaired) electrons. The summed E-state index contributed by atoms with van der Waals surface area (Å²) in [5.41, 5.74) is 0. The van der Waals surface area contributed by atoms with Crippen molar-refractivity contribution in [3.63, 3.8) is 0 Å². The first kappa shape index (κ1) is 20.4. The van der Waals surface area contributed by atoms with Crippen LogP contribution >= 0.6 is 15.2 Å². The third-order valence-corrected chi connectivity index (χ3v) is 5.33. The molecular weight excluding hydrogens is 314 g/mol. The van der Waals surface area contributed by atoms with Crippen molar-refractivity contribution in [2.75, 3.05) is 25.5 Å². The molecule has 0 aromatic carbocycles. The van der Waals surface area contributed by atoms with E-state index in [1.54, 1.807) is 0 Å². The second kappa shape index (κ2) is 11.0. The van der Waals surface area contributed by atoms with Crippen LogP contribution in [0.15, 0.2) is 0 Å². The van der Waals surface area contributed by atoms with Crippen LogP contribution in [0.1, 0.15) is 32.1 Å². The van der Waals surface area contributed by atoms with E-state index >= 15 is 0 Å². The minimum Gasteiger partial charge on any atom is -0.324 e. The molecule has 0 amide bonds. The van der Waals surface area contributed by atoms with E-state index in [4.69, 9.17) is 21.9 Å². The lowest BCUT2D eigenvalue weighted by atomic mass is 10.4. The first-order valence-electron chi connectivity index (χ1n) is 6.62. The van der Waals surface area contributed by atoms with Crippen molar-refractivity contribution in [3.8, 4) is 24.7 Å². The molecule has 0 spiro atoms. The molecule has 6 nitrogen and oxygen atoms in total. The van der Waals surface area contributed by atoms with E-state index in [1.165, 1.54) is 0 Å². The van der Waals surface area contributed by atoms with Crippen LogP contribution in [-0.4, -0.2) is 35.3 Å². The molecule has 120 valence electrons. The van der Waals surface area contributed by atoms with Gasteiger partial charge in [0.2, 0.25) is 0 Å². The minimum absolute atomic E-state index is 0.00262. The normalized spacial score (nSPS) is 16.4. The summed E-state index contributed by atoms with van der Waals surface area (Å²) in [6.45, 7) is -0.0393. The quantitative estimate of drug-likeness (QED) is 0.323. The largest absolute Gasteiger partial charge is 0.328 e. The molecule has 21 heavy (non-hydrogen) atoms. The molecule has 0 saturated heterocycles. The molecule has 0 fully saturated rings. The Morgan fingerprint density at radius 1 is 0.810 bits per heavy atom. The van der Waals surface area contributed by atoms with Gasteiger partial charge >= 0.3 is 15.2 Å². The Kier molecular flexibility index (Phi) is 10.7. The topological polar surface area (TPSA) is 93.1 Å². The van der Waals surface area contributed by atoms with Gasteiger partial charge in [0.1, 0.15) is 0 Å². The first-order chi connectivity index (χ1) is 9.83. The molecule has 0 heterocycles. The maximum Gasteiger partial charge on any atom is 0.328 e. The molecule has 2 atom stereocenters. The SMILES string of the molecule is C#CCCCP(=O)(O)OCCCOP(=O)(O)CCCC#C. The van der Waals surface area contributed by atoms with E-state index in [1.807, 2.05) is 0 Å². The lowest BCUT2D eigenvalue weighted by molar-refractivity contribution is 0.209. The summed E-state index contributed by atoms with van der Waals surface area (Å²) in [6, 6.07) is 0. The molecule has 0 aliphatic rings. The molecule has 0 saturated carbocycles. The Morgan fingerprint density at radius 3 is 1.52 bits per heavy atom. The average molecular weight is 336 g/mol. The smallest absolute Gasteiger partial charge is 0.324 e. The molecule has 0 bridgehead atoms. The van der Waals surface area contributed by atoms with Crippen LogP contribution in [0.4, 0.5) is 0 Å². The summed E-state index contributed by atoms with van der Waals surface area (Å²) in [4.78, 5) is 18.9. The molecule has 0 aliphatic carbocycles. The van der Waals surface area contributed by atoms with E-state index in [0.717, 1.165) is 0 Å². The van der Waals surface area contributed by atoms with Gasteiger partial charge in [0.05, 0.1) is 25.5 Å². The molecule has 2 N–H and O–H groups in total. The number of rotatable bonds is 12. The number of unbranched alkanes of at least 4 members (excludes halogenated alkanes) is 2. The van der Waals surface area contributed by atoms with Crippen LogP contribution < -0.4 is 0 Å². The van der Waals surface area contributed by atoms with Crippen LogP contribution in [0.3, 0.4) is 0 Å². The summed E-state index contributed by atoms with van der Waals surface area (Å²) in [7, 11) is -7.26. The number of hydrogen-bond donors (Lipinski definition) is 2. The van der Waals surface area contributed by atoms with Crippen LogP contribution in [0.5, 0.6) is 0 Å². The van der Waals surface area contributed by atoms with Crippen molar-refractivity contribution in [2.45, 2.75) is 32.1 Å². The number of hydrogen-bond acceptors (Lipinski definition) is 4. The van der Waals surface area contributed by atoms with E-state index in [0.29, 0.717) is 25.7 Å². The third kappa shape index (κ3) is 12.8. The highest BCUT2D eigenvalue weighted by Crippen LogP contribution is 2.44. The minimum atomic E-state index is -3.63. The zero-order chi connectivity index (χ0) is 16.2. The van der Waals surface area contributed by atoms with Gasteiger partial charge in [-0.1, -0.05) is 0 Å². The van der Waals surface area contributed by atoms with Gasteiger partial charge in [0.25, 0.3) is 0 Å². The summed E-state index contributed by atoms with van der Waals surface area (Å²) in [5, 5.41) is 0. The predicted molar refractivity (Wildman–Crippen MR) is 82.0 cm³/mol. The zero-order valence-corrected chi connectivity index (χ0v) is 13.7. The lowest BCUT2D eigenvalue weighted by Crippen LogP contribution is -2.02. The molecular formula is C13H22O6P2. The van der Waals surface area contributed by atoms with E-state index in [2.05, 4.69) is 11.8 Å². The van der Waals surface area contributed by atoms with Gasteiger partial charge in [-0.25, -0.2) is 0 Å². The monoisotopic (exact) mass is 336 g/mol. The van der Waals surface area contributed by atoms with Gasteiger partial charge in [0.15, 0.2) is 0 Å². The number of terminal acetylenes is 2. The van der Waals surface area contributed by atoms with Crippen LogP contribution in [0.2, 0.25) is 0 Å². The standard InChI is InChI=1S/C13H22O6P2/c1-3-5-7-12-20(14,15)18-10-9-11-19-21(16,17)13-8-6-4-2/h1-2H,5-13H2,(H,14,15)(H,16,17). The molecule has 0 rings (SSSR count). The van der Waals surface area contributed by atoms with Gasteiger partial charge in [-0.3, -0.25) is 9.13 Å². The van der Waals surface area contributed by atoms with Gasteiger partial charge in [-0.2, -0.15) is 0 Å². The molecule has 0 aromatic rings. The van der Waals surface area contributed by atoms with Gasteiger partial charge in [-0.15, -0.1) is 24.7 Å². The fourth-order valence-corrected chi connectivity index (χ4v) is 3.57. The fourth-order valence-electron chi connectivity index (χ4n) is 1.36. The predicted octanol–water partition coefficient (Wildman–Crippen LogP) is 2.61. The second-order valence-corrected chi connectivity index (χ2v) is 8.32.